The van der Waals surface area contributed by atoms with E-state index in [9.17, 15) is 19.2 Å². The first-order valence-corrected chi connectivity index (χ1v) is 13.0. The number of fused-ring (bicyclic) bond motifs is 1. The molecule has 2 N–H and O–H groups in total. The Morgan fingerprint density at radius 2 is 1.86 bits per heavy atom. The van der Waals surface area contributed by atoms with E-state index in [2.05, 4.69) is 15.7 Å². The minimum absolute atomic E-state index is 0.0368. The number of nitrogens with zero attached hydrogens (tertiary/aromatic N) is 4. The van der Waals surface area contributed by atoms with Gasteiger partial charge in [0.2, 0.25) is 17.7 Å². The van der Waals surface area contributed by atoms with Gasteiger partial charge < -0.3 is 20.4 Å². The van der Waals surface area contributed by atoms with E-state index in [1.54, 1.807) is 28.9 Å². The Morgan fingerprint density at radius 1 is 1.09 bits per heavy atom. The molecule has 3 fully saturated rings. The van der Waals surface area contributed by atoms with Gasteiger partial charge in [0.15, 0.2) is 0 Å². The summed E-state index contributed by atoms with van der Waals surface area (Å²) in [5.74, 6) is -0.00419. The van der Waals surface area contributed by atoms with E-state index in [-0.39, 0.29) is 42.1 Å². The number of likely N-dealkylation sites (tertiary alicyclic amines) is 2. The van der Waals surface area contributed by atoms with Crippen LogP contribution in [0.5, 0.6) is 0 Å². The van der Waals surface area contributed by atoms with Gasteiger partial charge in [-0.3, -0.25) is 23.9 Å². The molecule has 0 bridgehead atoms. The number of aryl methyl sites for hydroxylation is 1. The zero-order valence-electron chi connectivity index (χ0n) is 20.9. The van der Waals surface area contributed by atoms with Gasteiger partial charge in [-0.1, -0.05) is 12.8 Å². The number of hydrogen-bond acceptors (Lipinski definition) is 5. The summed E-state index contributed by atoms with van der Waals surface area (Å²) in [6, 6.07) is 0.0368. The van der Waals surface area contributed by atoms with E-state index in [4.69, 9.17) is 0 Å². The van der Waals surface area contributed by atoms with Gasteiger partial charge >= 0.3 is 0 Å². The molecule has 10 nitrogen and oxygen atoms in total. The maximum absolute atomic E-state index is 13.3. The highest BCUT2D eigenvalue weighted by Crippen LogP contribution is 2.38. The number of amides is 4. The molecule has 3 aliphatic rings. The van der Waals surface area contributed by atoms with Gasteiger partial charge in [-0.25, -0.2) is 0 Å². The Labute approximate surface area is 206 Å². The summed E-state index contributed by atoms with van der Waals surface area (Å²) < 4.78 is 1.73. The summed E-state index contributed by atoms with van der Waals surface area (Å²) in [6.45, 7) is 6.58. The molecule has 0 aromatic carbocycles. The van der Waals surface area contributed by atoms with Crippen molar-refractivity contribution in [3.8, 4) is 0 Å². The van der Waals surface area contributed by atoms with Crippen LogP contribution >= 0.6 is 0 Å². The zero-order valence-corrected chi connectivity index (χ0v) is 20.9. The number of carbonyl (C=O) groups excluding carboxylic acids is 4. The predicted molar refractivity (Wildman–Crippen MR) is 129 cm³/mol. The van der Waals surface area contributed by atoms with Gasteiger partial charge in [0.1, 0.15) is 0 Å². The second-order valence-corrected chi connectivity index (χ2v) is 10.3. The standard InChI is InChI=1S/C25H38N6O4/c1-3-31-17-20(14-27-31)23(34)29-12-9-25(10-13-29)8-5-4-6-19-16-30(18(2)32)11-7-21(19)28-22(33)15-26-24(25)35/h14,17,19,21H,3-13,15-16H2,1-2H3,(H,26,35)(H,28,33)/t19-,21+/m0/s1. The van der Waals surface area contributed by atoms with Crippen LogP contribution in [0.1, 0.15) is 69.2 Å². The molecule has 3 aliphatic heterocycles. The SMILES string of the molecule is CCn1cc(C(=O)N2CCC3(CCCC[C@H]4CN(C(C)=O)CC[C@H]4NC(=O)CNC3=O)CC2)cn1. The van der Waals surface area contributed by atoms with Crippen LogP contribution in [-0.4, -0.2) is 82.0 Å². The van der Waals surface area contributed by atoms with Crippen LogP contribution in [0.15, 0.2) is 12.4 Å². The molecule has 1 spiro atoms. The van der Waals surface area contributed by atoms with Crippen LogP contribution in [0.25, 0.3) is 0 Å². The molecule has 0 radical (unpaired) electrons. The summed E-state index contributed by atoms with van der Waals surface area (Å²) in [7, 11) is 0. The van der Waals surface area contributed by atoms with Crippen LogP contribution in [0, 0.1) is 11.3 Å². The summed E-state index contributed by atoms with van der Waals surface area (Å²) in [5.41, 5.74) is 0.00517. The molecule has 4 heterocycles. The largest absolute Gasteiger partial charge is 0.351 e. The molecule has 0 unspecified atom stereocenters. The Kier molecular flexibility index (Phi) is 7.76. The molecule has 35 heavy (non-hydrogen) atoms. The molecule has 192 valence electrons. The summed E-state index contributed by atoms with van der Waals surface area (Å²) >= 11 is 0. The normalized spacial score (nSPS) is 25.7. The summed E-state index contributed by atoms with van der Waals surface area (Å²) in [4.78, 5) is 54.4. The van der Waals surface area contributed by atoms with Crippen molar-refractivity contribution in [2.24, 2.45) is 11.3 Å². The average Bonchev–Trinajstić information content (AvgIpc) is 3.34. The van der Waals surface area contributed by atoms with Crippen molar-refractivity contribution in [3.05, 3.63) is 18.0 Å². The Morgan fingerprint density at radius 3 is 2.54 bits per heavy atom. The van der Waals surface area contributed by atoms with Gasteiger partial charge in [-0.05, 0) is 44.9 Å². The number of aromatic nitrogens is 2. The van der Waals surface area contributed by atoms with Crippen LogP contribution in [0.4, 0.5) is 0 Å². The molecular weight excluding hydrogens is 448 g/mol. The predicted octanol–water partition coefficient (Wildman–Crippen LogP) is 1.17. The van der Waals surface area contributed by atoms with Gasteiger partial charge in [0.05, 0.1) is 23.7 Å². The quantitative estimate of drug-likeness (QED) is 0.651. The van der Waals surface area contributed by atoms with Gasteiger partial charge in [0, 0.05) is 51.9 Å². The lowest BCUT2D eigenvalue weighted by atomic mass is 9.73. The van der Waals surface area contributed by atoms with E-state index in [0.29, 0.717) is 51.1 Å². The monoisotopic (exact) mass is 486 g/mol. The fourth-order valence-electron chi connectivity index (χ4n) is 5.83. The van der Waals surface area contributed by atoms with E-state index < -0.39 is 5.41 Å². The van der Waals surface area contributed by atoms with Gasteiger partial charge in [-0.2, -0.15) is 5.10 Å². The minimum Gasteiger partial charge on any atom is -0.351 e. The molecule has 3 saturated heterocycles. The lowest BCUT2D eigenvalue weighted by molar-refractivity contribution is -0.137. The lowest BCUT2D eigenvalue weighted by Gasteiger charge is -2.42. The lowest BCUT2D eigenvalue weighted by Crippen LogP contribution is -2.55. The first-order valence-electron chi connectivity index (χ1n) is 13.0. The second kappa shape index (κ2) is 10.8. The first-order chi connectivity index (χ1) is 16.8. The van der Waals surface area contributed by atoms with Crippen molar-refractivity contribution in [1.29, 1.82) is 0 Å². The fourth-order valence-corrected chi connectivity index (χ4v) is 5.83. The molecule has 1 aromatic rings. The number of rotatable bonds is 2. The maximum Gasteiger partial charge on any atom is 0.257 e. The third kappa shape index (κ3) is 5.67. The molecule has 0 aliphatic carbocycles. The van der Waals surface area contributed by atoms with Gasteiger partial charge in [-0.15, -0.1) is 0 Å². The molecule has 1 aromatic heterocycles. The number of piperidine rings is 2. The third-order valence-electron chi connectivity index (χ3n) is 8.11. The minimum atomic E-state index is -0.568. The van der Waals surface area contributed by atoms with E-state index in [1.165, 1.54) is 0 Å². The van der Waals surface area contributed by atoms with Crippen molar-refractivity contribution in [3.63, 3.8) is 0 Å². The second-order valence-electron chi connectivity index (χ2n) is 10.3. The molecule has 4 amide bonds. The van der Waals surface area contributed by atoms with Crippen LogP contribution < -0.4 is 10.6 Å². The topological polar surface area (TPSA) is 117 Å². The Balaban J connectivity index is 1.40. The van der Waals surface area contributed by atoms with Crippen molar-refractivity contribution < 1.29 is 19.2 Å². The van der Waals surface area contributed by atoms with E-state index in [0.717, 1.165) is 32.1 Å². The fraction of sp³-hybridized carbons (Fsp3) is 0.720. The summed E-state index contributed by atoms with van der Waals surface area (Å²) in [5, 5.41) is 10.2. The van der Waals surface area contributed by atoms with E-state index >= 15 is 0 Å². The maximum atomic E-state index is 13.3. The molecule has 2 atom stereocenters. The number of carbonyl (C=O) groups is 4. The number of hydrogen-bond donors (Lipinski definition) is 2. The third-order valence-corrected chi connectivity index (χ3v) is 8.11. The van der Waals surface area contributed by atoms with Crippen LogP contribution in [0.3, 0.4) is 0 Å². The molecule has 4 rings (SSSR count). The molecule has 10 heteroatoms. The van der Waals surface area contributed by atoms with Crippen molar-refractivity contribution >= 4 is 23.6 Å². The van der Waals surface area contributed by atoms with Crippen molar-refractivity contribution in [1.82, 2.24) is 30.2 Å². The van der Waals surface area contributed by atoms with Gasteiger partial charge in [0.25, 0.3) is 5.91 Å². The molecular formula is C25H38N6O4. The van der Waals surface area contributed by atoms with Crippen LogP contribution in [0.2, 0.25) is 0 Å². The highest BCUT2D eigenvalue weighted by molar-refractivity contribution is 5.94. The highest BCUT2D eigenvalue weighted by atomic mass is 16.2. The Bertz CT molecular complexity index is 952. The smallest absolute Gasteiger partial charge is 0.257 e. The summed E-state index contributed by atoms with van der Waals surface area (Å²) in [6.07, 6.45) is 8.77. The average molecular weight is 487 g/mol. The van der Waals surface area contributed by atoms with Crippen molar-refractivity contribution in [2.45, 2.75) is 71.4 Å². The Hall–Kier alpha value is -2.91. The number of nitrogens with one attached hydrogen (secondary N) is 2. The first kappa shape index (κ1) is 25.2. The van der Waals surface area contributed by atoms with E-state index in [1.807, 2.05) is 11.8 Å². The van der Waals surface area contributed by atoms with Crippen LogP contribution in [-0.2, 0) is 20.9 Å². The molecule has 0 saturated carbocycles. The zero-order chi connectivity index (χ0) is 25.0. The van der Waals surface area contributed by atoms with Crippen molar-refractivity contribution in [2.75, 3.05) is 32.7 Å². The highest BCUT2D eigenvalue weighted by Gasteiger charge is 2.42.